The van der Waals surface area contributed by atoms with Crippen molar-refractivity contribution in [3.63, 3.8) is 0 Å². The lowest BCUT2D eigenvalue weighted by Crippen LogP contribution is -2.59. The fraction of sp³-hybridized carbons (Fsp3) is 0.500. The van der Waals surface area contributed by atoms with Crippen molar-refractivity contribution in [1.82, 2.24) is 25.1 Å². The summed E-state index contributed by atoms with van der Waals surface area (Å²) in [6.07, 6.45) is 4.23. The third-order valence-corrected chi connectivity index (χ3v) is 8.40. The Hall–Kier alpha value is -4.71. The van der Waals surface area contributed by atoms with Crippen molar-refractivity contribution in [2.45, 2.75) is 103 Å². The maximum atomic E-state index is 13.7. The number of amides is 4. The normalized spacial score (nSPS) is 14.5. The van der Waals surface area contributed by atoms with E-state index in [4.69, 9.17) is 9.47 Å². The van der Waals surface area contributed by atoms with Crippen molar-refractivity contribution >= 4 is 29.6 Å². The Labute approximate surface area is 295 Å². The van der Waals surface area contributed by atoms with Crippen LogP contribution >= 0.6 is 0 Å². The van der Waals surface area contributed by atoms with Crippen LogP contribution in [0.4, 0.5) is 10.6 Å². The molecule has 1 aliphatic heterocycles. The molecular weight excluding hydrogens is 636 g/mol. The molecule has 270 valence electrons. The van der Waals surface area contributed by atoms with Gasteiger partial charge in [-0.2, -0.15) is 0 Å². The van der Waals surface area contributed by atoms with E-state index in [2.05, 4.69) is 20.9 Å². The molecule has 4 amide bonds. The second-order valence-corrected chi connectivity index (χ2v) is 14.1. The number of benzene rings is 2. The molecule has 2 heterocycles. The number of nitrogens with zero attached hydrogens (tertiary/aromatic N) is 3. The lowest BCUT2D eigenvalue weighted by molar-refractivity contribution is -0.132. The first-order chi connectivity index (χ1) is 23.8. The van der Waals surface area contributed by atoms with Crippen LogP contribution in [-0.2, 0) is 43.4 Å². The topological polar surface area (TPSA) is 144 Å². The van der Waals surface area contributed by atoms with Crippen LogP contribution in [0.25, 0.3) is 0 Å². The largest absolute Gasteiger partial charge is 0.444 e. The van der Waals surface area contributed by atoms with Crippen LogP contribution in [0.1, 0.15) is 83.7 Å². The van der Waals surface area contributed by atoms with E-state index in [1.165, 1.54) is 13.8 Å². The average molecular weight is 689 g/mol. The maximum Gasteiger partial charge on any atom is 0.408 e. The summed E-state index contributed by atoms with van der Waals surface area (Å²) in [5.74, 6) is -0.205. The summed E-state index contributed by atoms with van der Waals surface area (Å²) in [5, 5.41) is 8.17. The lowest BCUT2D eigenvalue weighted by Gasteiger charge is -2.29. The number of rotatable bonds is 15. The van der Waals surface area contributed by atoms with Crippen molar-refractivity contribution in [3.05, 3.63) is 83.8 Å². The van der Waals surface area contributed by atoms with Gasteiger partial charge in [0.25, 0.3) is 5.91 Å². The van der Waals surface area contributed by atoms with Crippen LogP contribution < -0.4 is 16.0 Å². The van der Waals surface area contributed by atoms with Gasteiger partial charge in [0.2, 0.25) is 11.8 Å². The molecule has 50 heavy (non-hydrogen) atoms. The molecule has 3 N–H and O–H groups in total. The minimum absolute atomic E-state index is 0.131. The molecule has 2 aromatic carbocycles. The Morgan fingerprint density at radius 1 is 0.920 bits per heavy atom. The zero-order valence-corrected chi connectivity index (χ0v) is 30.2. The predicted octanol–water partition coefficient (Wildman–Crippen LogP) is 5.19. The summed E-state index contributed by atoms with van der Waals surface area (Å²) in [5.41, 5.74) is -0.266. The molecule has 0 spiro atoms. The number of carbonyl (C=O) groups excluding carboxylic acids is 4. The Balaban J connectivity index is 1.47. The SMILES string of the molecule is CCc1nc(NC(=O)[C@@H](COCc2ccccc2)NC(=O)C(C)(C)NC(=O)OC(C)(C)C)cn1CCC(C(=O)N1CCCC1)c1ccccc1. The molecule has 0 bridgehead atoms. The van der Waals surface area contributed by atoms with Crippen LogP contribution in [0.2, 0.25) is 0 Å². The number of imidazole rings is 1. The van der Waals surface area contributed by atoms with Crippen molar-refractivity contribution in [1.29, 1.82) is 0 Å². The van der Waals surface area contributed by atoms with E-state index in [1.54, 1.807) is 27.0 Å². The van der Waals surface area contributed by atoms with Gasteiger partial charge in [-0.25, -0.2) is 9.78 Å². The zero-order valence-electron chi connectivity index (χ0n) is 30.2. The number of aromatic nitrogens is 2. The number of hydrogen-bond donors (Lipinski definition) is 3. The third kappa shape index (κ3) is 11.2. The summed E-state index contributed by atoms with van der Waals surface area (Å²) >= 11 is 0. The van der Waals surface area contributed by atoms with E-state index >= 15 is 0 Å². The van der Waals surface area contributed by atoms with Crippen molar-refractivity contribution in [2.24, 2.45) is 0 Å². The first kappa shape index (κ1) is 38.1. The van der Waals surface area contributed by atoms with Crippen molar-refractivity contribution < 1.29 is 28.7 Å². The minimum atomic E-state index is -1.40. The summed E-state index contributed by atoms with van der Waals surface area (Å²) in [4.78, 5) is 59.8. The molecule has 1 unspecified atom stereocenters. The fourth-order valence-electron chi connectivity index (χ4n) is 5.75. The molecule has 2 atom stereocenters. The van der Waals surface area contributed by atoms with Crippen molar-refractivity contribution in [2.75, 3.05) is 25.0 Å². The standard InChI is InChI=1S/C38H52N6O6/c1-7-32-40-31(24-44(32)23-20-29(28-18-12-9-13-19-28)34(46)43-21-14-15-22-43)41-33(45)30(26-49-25-27-16-10-8-11-17-27)39-35(47)38(5,6)42-36(48)50-37(2,3)4/h8-13,16-19,24,29-30H,7,14-15,20-23,25-26H2,1-6H3,(H,39,47)(H,41,45)(H,42,48)/t29?,30-/m1/s1. The Morgan fingerprint density at radius 3 is 2.18 bits per heavy atom. The lowest BCUT2D eigenvalue weighted by atomic mass is 9.94. The summed E-state index contributed by atoms with van der Waals surface area (Å²) < 4.78 is 13.2. The van der Waals surface area contributed by atoms with E-state index in [-0.39, 0.29) is 25.0 Å². The average Bonchev–Trinajstić information content (AvgIpc) is 3.74. The molecule has 3 aromatic rings. The molecule has 1 saturated heterocycles. The Kier molecular flexibility index (Phi) is 13.2. The highest BCUT2D eigenvalue weighted by molar-refractivity contribution is 5.98. The van der Waals surface area contributed by atoms with Crippen LogP contribution in [0.15, 0.2) is 66.9 Å². The van der Waals surface area contributed by atoms with E-state index in [1.807, 2.05) is 77.1 Å². The molecule has 12 nitrogen and oxygen atoms in total. The minimum Gasteiger partial charge on any atom is -0.444 e. The van der Waals surface area contributed by atoms with E-state index < -0.39 is 35.1 Å². The number of alkyl carbamates (subject to hydrolysis) is 1. The van der Waals surface area contributed by atoms with E-state index in [0.29, 0.717) is 25.2 Å². The van der Waals surface area contributed by atoms with Gasteiger partial charge < -0.3 is 34.9 Å². The van der Waals surface area contributed by atoms with E-state index in [0.717, 1.165) is 42.9 Å². The third-order valence-electron chi connectivity index (χ3n) is 8.40. The number of anilines is 1. The number of nitrogens with one attached hydrogen (secondary N) is 3. The molecule has 12 heteroatoms. The molecule has 1 aliphatic rings. The van der Waals surface area contributed by atoms with Gasteiger partial charge in [0, 0.05) is 32.3 Å². The van der Waals surface area contributed by atoms with Gasteiger partial charge in [0.15, 0.2) is 5.82 Å². The zero-order chi connectivity index (χ0) is 36.3. The molecular formula is C38H52N6O6. The number of hydrogen-bond acceptors (Lipinski definition) is 7. The number of carbonyl (C=O) groups is 4. The first-order valence-corrected chi connectivity index (χ1v) is 17.4. The van der Waals surface area contributed by atoms with Crippen LogP contribution in [0, 0.1) is 0 Å². The predicted molar refractivity (Wildman–Crippen MR) is 191 cm³/mol. The van der Waals surface area contributed by atoms with Gasteiger partial charge in [0.1, 0.15) is 23.0 Å². The van der Waals surface area contributed by atoms with Crippen LogP contribution in [0.3, 0.4) is 0 Å². The molecule has 0 saturated carbocycles. The van der Waals surface area contributed by atoms with Gasteiger partial charge in [-0.3, -0.25) is 14.4 Å². The van der Waals surface area contributed by atoms with Crippen LogP contribution in [0.5, 0.6) is 0 Å². The number of likely N-dealkylation sites (tertiary alicyclic amines) is 1. The second kappa shape index (κ2) is 17.3. The summed E-state index contributed by atoms with van der Waals surface area (Å²) in [6, 6.07) is 18.2. The van der Waals surface area contributed by atoms with Gasteiger partial charge in [-0.15, -0.1) is 0 Å². The van der Waals surface area contributed by atoms with E-state index in [9.17, 15) is 19.2 Å². The number of ether oxygens (including phenoxy) is 2. The first-order valence-electron chi connectivity index (χ1n) is 17.4. The van der Waals surface area contributed by atoms with Gasteiger partial charge in [0.05, 0.1) is 19.1 Å². The fourth-order valence-corrected chi connectivity index (χ4v) is 5.75. The summed E-state index contributed by atoms with van der Waals surface area (Å²) in [7, 11) is 0. The maximum absolute atomic E-state index is 13.7. The van der Waals surface area contributed by atoms with Gasteiger partial charge in [-0.05, 0) is 65.0 Å². The summed E-state index contributed by atoms with van der Waals surface area (Å²) in [6.45, 7) is 12.4. The highest BCUT2D eigenvalue weighted by Crippen LogP contribution is 2.26. The van der Waals surface area contributed by atoms with Crippen molar-refractivity contribution in [3.8, 4) is 0 Å². The highest BCUT2D eigenvalue weighted by Gasteiger charge is 2.35. The monoisotopic (exact) mass is 688 g/mol. The molecule has 0 radical (unpaired) electrons. The number of aryl methyl sites for hydroxylation is 2. The molecule has 1 fully saturated rings. The van der Waals surface area contributed by atoms with Crippen LogP contribution in [-0.4, -0.2) is 75.1 Å². The molecule has 4 rings (SSSR count). The van der Waals surface area contributed by atoms with Gasteiger partial charge in [-0.1, -0.05) is 67.6 Å². The Bertz CT molecular complexity index is 1580. The molecule has 0 aliphatic carbocycles. The molecule has 1 aromatic heterocycles. The highest BCUT2D eigenvalue weighted by atomic mass is 16.6. The Morgan fingerprint density at radius 2 is 1.56 bits per heavy atom. The quantitative estimate of drug-likeness (QED) is 0.200. The smallest absolute Gasteiger partial charge is 0.408 e. The second-order valence-electron chi connectivity index (χ2n) is 14.1. The van der Waals surface area contributed by atoms with Gasteiger partial charge >= 0.3 is 6.09 Å².